The van der Waals surface area contributed by atoms with E-state index in [9.17, 15) is 9.59 Å². The highest BCUT2D eigenvalue weighted by Crippen LogP contribution is 2.03. The minimum absolute atomic E-state index is 0.165. The van der Waals surface area contributed by atoms with Crippen LogP contribution in [0.4, 0.5) is 0 Å². The summed E-state index contributed by atoms with van der Waals surface area (Å²) in [4.78, 5) is 21.2. The minimum Gasteiger partial charge on any atom is -0.481 e. The molecule has 0 unspecified atom stereocenters. The predicted octanol–water partition coefficient (Wildman–Crippen LogP) is 1.21. The van der Waals surface area contributed by atoms with Crippen LogP contribution in [-0.2, 0) is 19.1 Å². The zero-order chi connectivity index (χ0) is 11.5. The molecule has 0 atom stereocenters. The molecule has 0 saturated carbocycles. The molecule has 0 aromatic heterocycles. The molecular weight excluding hydrogens is 200 g/mol. The van der Waals surface area contributed by atoms with Crippen LogP contribution in [0, 0.1) is 0 Å². The first-order chi connectivity index (χ1) is 7.16. The van der Waals surface area contributed by atoms with Gasteiger partial charge < -0.3 is 14.6 Å². The van der Waals surface area contributed by atoms with Gasteiger partial charge in [0, 0.05) is 20.0 Å². The molecule has 0 heterocycles. The number of hydrogen-bond acceptors (Lipinski definition) is 4. The van der Waals surface area contributed by atoms with Gasteiger partial charge in [0.15, 0.2) is 0 Å². The molecule has 0 radical (unpaired) electrons. The number of aliphatic carboxylic acids is 1. The van der Waals surface area contributed by atoms with E-state index in [0.717, 1.165) is 6.42 Å². The summed E-state index contributed by atoms with van der Waals surface area (Å²) < 4.78 is 9.55. The number of methoxy groups -OCH3 is 1. The van der Waals surface area contributed by atoms with Gasteiger partial charge in [0.25, 0.3) is 0 Å². The molecule has 0 fully saturated rings. The van der Waals surface area contributed by atoms with Gasteiger partial charge in [0.1, 0.15) is 6.61 Å². The third kappa shape index (κ3) is 10.8. The summed E-state index contributed by atoms with van der Waals surface area (Å²) in [5, 5.41) is 8.36. The molecule has 88 valence electrons. The number of esters is 1. The molecule has 0 rings (SSSR count). The molecule has 5 heteroatoms. The van der Waals surface area contributed by atoms with Crippen LogP contribution in [-0.4, -0.2) is 37.4 Å². The molecule has 0 aromatic rings. The minimum atomic E-state index is -0.794. The fraction of sp³-hybridized carbons (Fsp3) is 0.800. The summed E-state index contributed by atoms with van der Waals surface area (Å²) in [6.45, 7) is 0.690. The van der Waals surface area contributed by atoms with E-state index in [4.69, 9.17) is 14.6 Å². The molecule has 0 aromatic carbocycles. The van der Waals surface area contributed by atoms with E-state index in [2.05, 4.69) is 0 Å². The van der Waals surface area contributed by atoms with E-state index < -0.39 is 5.97 Å². The SMILES string of the molecule is COCCOC(=O)CCCCCC(=O)O. The Morgan fingerprint density at radius 1 is 1.07 bits per heavy atom. The molecule has 0 spiro atoms. The molecular formula is C10H18O5. The molecule has 0 aliphatic carbocycles. The lowest BCUT2D eigenvalue weighted by molar-refractivity contribution is -0.145. The Labute approximate surface area is 89.4 Å². The number of carboxylic acid groups (broad SMARTS) is 1. The largest absolute Gasteiger partial charge is 0.481 e. The Hall–Kier alpha value is -1.10. The van der Waals surface area contributed by atoms with E-state index in [0.29, 0.717) is 25.9 Å². The first-order valence-electron chi connectivity index (χ1n) is 5.03. The van der Waals surface area contributed by atoms with E-state index >= 15 is 0 Å². The molecule has 0 aliphatic rings. The van der Waals surface area contributed by atoms with E-state index in [1.54, 1.807) is 7.11 Å². The van der Waals surface area contributed by atoms with Crippen molar-refractivity contribution >= 4 is 11.9 Å². The summed E-state index contributed by atoms with van der Waals surface area (Å²) >= 11 is 0. The van der Waals surface area contributed by atoms with Crippen LogP contribution >= 0.6 is 0 Å². The van der Waals surface area contributed by atoms with Crippen LogP contribution in [0.1, 0.15) is 32.1 Å². The molecule has 0 saturated heterocycles. The van der Waals surface area contributed by atoms with Gasteiger partial charge in [0.05, 0.1) is 6.61 Å². The number of hydrogen-bond donors (Lipinski definition) is 1. The van der Waals surface area contributed by atoms with Gasteiger partial charge in [-0.3, -0.25) is 9.59 Å². The molecule has 1 N–H and O–H groups in total. The van der Waals surface area contributed by atoms with Crippen molar-refractivity contribution in [2.45, 2.75) is 32.1 Å². The normalized spacial score (nSPS) is 9.93. The zero-order valence-electron chi connectivity index (χ0n) is 9.03. The van der Waals surface area contributed by atoms with Crippen molar-refractivity contribution in [2.75, 3.05) is 20.3 Å². The van der Waals surface area contributed by atoms with Crippen molar-refractivity contribution in [3.63, 3.8) is 0 Å². The van der Waals surface area contributed by atoms with Crippen molar-refractivity contribution in [3.8, 4) is 0 Å². The summed E-state index contributed by atoms with van der Waals surface area (Å²) in [6.07, 6.45) is 2.55. The maximum Gasteiger partial charge on any atom is 0.305 e. The number of carbonyl (C=O) groups excluding carboxylic acids is 1. The van der Waals surface area contributed by atoms with Gasteiger partial charge in [-0.2, -0.15) is 0 Å². The van der Waals surface area contributed by atoms with Crippen LogP contribution in [0.25, 0.3) is 0 Å². The van der Waals surface area contributed by atoms with Crippen LogP contribution in [0.3, 0.4) is 0 Å². The Kier molecular flexibility index (Phi) is 8.76. The molecule has 0 amide bonds. The smallest absolute Gasteiger partial charge is 0.305 e. The Morgan fingerprint density at radius 3 is 2.33 bits per heavy atom. The number of carboxylic acids is 1. The van der Waals surface area contributed by atoms with E-state index in [-0.39, 0.29) is 19.0 Å². The van der Waals surface area contributed by atoms with Crippen LogP contribution in [0.5, 0.6) is 0 Å². The first-order valence-corrected chi connectivity index (χ1v) is 5.03. The monoisotopic (exact) mass is 218 g/mol. The topological polar surface area (TPSA) is 72.8 Å². The number of rotatable bonds is 9. The van der Waals surface area contributed by atoms with Crippen molar-refractivity contribution in [1.82, 2.24) is 0 Å². The first kappa shape index (κ1) is 13.9. The summed E-state index contributed by atoms with van der Waals surface area (Å²) in [7, 11) is 1.54. The highest BCUT2D eigenvalue weighted by atomic mass is 16.6. The second-order valence-electron chi connectivity index (χ2n) is 3.17. The van der Waals surface area contributed by atoms with Crippen molar-refractivity contribution < 1.29 is 24.2 Å². The van der Waals surface area contributed by atoms with Crippen LogP contribution < -0.4 is 0 Å². The predicted molar refractivity (Wildman–Crippen MR) is 53.6 cm³/mol. The highest BCUT2D eigenvalue weighted by Gasteiger charge is 2.02. The Bertz CT molecular complexity index is 190. The quantitative estimate of drug-likeness (QED) is 0.465. The zero-order valence-corrected chi connectivity index (χ0v) is 9.03. The van der Waals surface area contributed by atoms with Gasteiger partial charge in [-0.1, -0.05) is 6.42 Å². The van der Waals surface area contributed by atoms with Crippen molar-refractivity contribution in [2.24, 2.45) is 0 Å². The average Bonchev–Trinajstić information content (AvgIpc) is 2.17. The molecule has 5 nitrogen and oxygen atoms in total. The van der Waals surface area contributed by atoms with E-state index in [1.807, 2.05) is 0 Å². The fourth-order valence-corrected chi connectivity index (χ4v) is 1.03. The van der Waals surface area contributed by atoms with Crippen LogP contribution in [0.2, 0.25) is 0 Å². The maximum absolute atomic E-state index is 11.0. The maximum atomic E-state index is 11.0. The van der Waals surface area contributed by atoms with Gasteiger partial charge in [0.2, 0.25) is 0 Å². The van der Waals surface area contributed by atoms with Gasteiger partial charge in [-0.25, -0.2) is 0 Å². The van der Waals surface area contributed by atoms with Gasteiger partial charge >= 0.3 is 11.9 Å². The van der Waals surface area contributed by atoms with Crippen molar-refractivity contribution in [1.29, 1.82) is 0 Å². The molecule has 15 heavy (non-hydrogen) atoms. The fourth-order valence-electron chi connectivity index (χ4n) is 1.03. The van der Waals surface area contributed by atoms with Crippen LogP contribution in [0.15, 0.2) is 0 Å². The molecule has 0 aliphatic heterocycles. The second-order valence-corrected chi connectivity index (χ2v) is 3.17. The summed E-state index contributed by atoms with van der Waals surface area (Å²) in [5.41, 5.74) is 0. The van der Waals surface area contributed by atoms with Crippen molar-refractivity contribution in [3.05, 3.63) is 0 Å². The summed E-state index contributed by atoms with van der Waals surface area (Å²) in [5.74, 6) is -1.04. The van der Waals surface area contributed by atoms with Gasteiger partial charge in [-0.15, -0.1) is 0 Å². The number of ether oxygens (including phenoxy) is 2. The third-order valence-electron chi connectivity index (χ3n) is 1.82. The van der Waals surface area contributed by atoms with E-state index in [1.165, 1.54) is 0 Å². The summed E-state index contributed by atoms with van der Waals surface area (Å²) in [6, 6.07) is 0. The average molecular weight is 218 g/mol. The third-order valence-corrected chi connectivity index (χ3v) is 1.82. The highest BCUT2D eigenvalue weighted by molar-refractivity contribution is 5.69. The Morgan fingerprint density at radius 2 is 1.73 bits per heavy atom. The lowest BCUT2D eigenvalue weighted by atomic mass is 10.1. The lowest BCUT2D eigenvalue weighted by Gasteiger charge is -2.03. The second kappa shape index (κ2) is 9.45. The number of unbranched alkanes of at least 4 members (excludes halogenated alkanes) is 2. The van der Waals surface area contributed by atoms with Gasteiger partial charge in [-0.05, 0) is 12.8 Å². The number of carbonyl (C=O) groups is 2. The molecule has 0 bridgehead atoms. The lowest BCUT2D eigenvalue weighted by Crippen LogP contribution is -2.09. The standard InChI is InChI=1S/C10H18O5/c1-14-7-8-15-10(13)6-4-2-3-5-9(11)12/h2-8H2,1H3,(H,11,12). The Balaban J connectivity index is 3.20.